The molecule has 1 N–H and O–H groups in total. The van der Waals surface area contributed by atoms with Gasteiger partial charge in [0.05, 0.1) is 5.56 Å². The first-order chi connectivity index (χ1) is 13.7. The Kier molecular flexibility index (Phi) is 6.84. The minimum absolute atomic E-state index is 0.00697. The molecule has 0 amide bonds. The lowest BCUT2D eigenvalue weighted by Crippen LogP contribution is -2.43. The predicted molar refractivity (Wildman–Crippen MR) is 117 cm³/mol. The number of hydrogen-bond donors (Lipinski definition) is 1. The summed E-state index contributed by atoms with van der Waals surface area (Å²) in [6.07, 6.45) is 9.60. The van der Waals surface area contributed by atoms with E-state index in [0.717, 1.165) is 24.0 Å². The van der Waals surface area contributed by atoms with Gasteiger partial charge in [0.15, 0.2) is 0 Å². The van der Waals surface area contributed by atoms with E-state index in [1.807, 2.05) is 27.7 Å². The molecular formula is C25H35NO3. The van der Waals surface area contributed by atoms with E-state index in [2.05, 4.69) is 24.1 Å². The summed E-state index contributed by atoms with van der Waals surface area (Å²) >= 11 is 0. The lowest BCUT2D eigenvalue weighted by Gasteiger charge is -2.35. The number of carbonyl (C=O) groups is 1. The fourth-order valence-corrected chi connectivity index (χ4v) is 4.49. The van der Waals surface area contributed by atoms with Crippen molar-refractivity contribution in [1.82, 2.24) is 4.90 Å². The van der Waals surface area contributed by atoms with Crippen molar-refractivity contribution in [3.05, 3.63) is 52.1 Å². The average Bonchev–Trinajstić information content (AvgIpc) is 2.87. The Morgan fingerprint density at radius 1 is 1.03 bits per heavy atom. The number of nitrogens with zero attached hydrogens (tertiary/aromatic N) is 1. The minimum atomic E-state index is -0.268. The lowest BCUT2D eigenvalue weighted by molar-refractivity contribution is -0.000469. The minimum Gasteiger partial charge on any atom is -0.507 e. The number of phenolic OH excluding ortho intramolecular Hbond substituents is 1. The van der Waals surface area contributed by atoms with Crippen molar-refractivity contribution >= 4 is 5.97 Å². The van der Waals surface area contributed by atoms with E-state index in [-0.39, 0.29) is 17.8 Å². The van der Waals surface area contributed by atoms with Gasteiger partial charge in [0.2, 0.25) is 0 Å². The Morgan fingerprint density at radius 3 is 1.97 bits per heavy atom. The van der Waals surface area contributed by atoms with E-state index in [0.29, 0.717) is 30.5 Å². The maximum absolute atomic E-state index is 13.0. The monoisotopic (exact) mass is 397 g/mol. The number of benzene rings is 1. The second kappa shape index (κ2) is 9.17. The molecule has 2 aliphatic rings. The molecule has 2 bridgehead atoms. The smallest absolute Gasteiger partial charge is 0.338 e. The van der Waals surface area contributed by atoms with Gasteiger partial charge in [-0.2, -0.15) is 0 Å². The maximum Gasteiger partial charge on any atom is 0.338 e. The van der Waals surface area contributed by atoms with E-state index < -0.39 is 0 Å². The number of hydrogen-bond acceptors (Lipinski definition) is 4. The van der Waals surface area contributed by atoms with Crippen LogP contribution >= 0.6 is 0 Å². The van der Waals surface area contributed by atoms with E-state index >= 15 is 0 Å². The molecule has 0 spiro atoms. The van der Waals surface area contributed by atoms with Gasteiger partial charge in [0, 0.05) is 24.9 Å². The molecule has 29 heavy (non-hydrogen) atoms. The van der Waals surface area contributed by atoms with Crippen molar-refractivity contribution in [2.24, 2.45) is 0 Å². The van der Waals surface area contributed by atoms with Gasteiger partial charge in [-0.25, -0.2) is 4.79 Å². The van der Waals surface area contributed by atoms with E-state index in [9.17, 15) is 9.90 Å². The van der Waals surface area contributed by atoms with Crippen molar-refractivity contribution in [2.45, 2.75) is 84.4 Å². The molecule has 0 radical (unpaired) electrons. The normalized spacial score (nSPS) is 23.6. The molecule has 0 aliphatic carbocycles. The lowest BCUT2D eigenvalue weighted by atomic mass is 9.98. The molecule has 0 saturated carbocycles. The molecule has 2 atom stereocenters. The van der Waals surface area contributed by atoms with Gasteiger partial charge in [-0.3, -0.25) is 0 Å². The SMILES string of the molecule is CC(C)=CCc1cc(C(=O)OC2CC3CCC(C2)N3C)cc(CC=C(C)C)c1O. The summed E-state index contributed by atoms with van der Waals surface area (Å²) in [6, 6.07) is 4.67. The first-order valence-electron chi connectivity index (χ1n) is 10.8. The third kappa shape index (κ3) is 5.30. The Hall–Kier alpha value is -2.07. The van der Waals surface area contributed by atoms with E-state index in [4.69, 9.17) is 4.74 Å². The van der Waals surface area contributed by atoms with Crippen LogP contribution < -0.4 is 0 Å². The van der Waals surface area contributed by atoms with Crippen LogP contribution in [0.25, 0.3) is 0 Å². The molecule has 2 saturated heterocycles. The molecular weight excluding hydrogens is 362 g/mol. The highest BCUT2D eigenvalue weighted by atomic mass is 16.5. The summed E-state index contributed by atoms with van der Waals surface area (Å²) < 4.78 is 5.93. The van der Waals surface area contributed by atoms with Crippen LogP contribution in [0, 0.1) is 0 Å². The third-order valence-electron chi connectivity index (χ3n) is 6.29. The summed E-state index contributed by atoms with van der Waals surface area (Å²) in [5.41, 5.74) is 4.47. The van der Waals surface area contributed by atoms with Gasteiger partial charge in [-0.15, -0.1) is 0 Å². The first kappa shape index (κ1) is 21.6. The van der Waals surface area contributed by atoms with Crippen LogP contribution in [0.1, 0.15) is 74.9 Å². The van der Waals surface area contributed by atoms with E-state index in [1.165, 1.54) is 24.0 Å². The highest BCUT2D eigenvalue weighted by Crippen LogP contribution is 2.36. The number of ether oxygens (including phenoxy) is 1. The maximum atomic E-state index is 13.0. The Balaban J connectivity index is 1.81. The second-order valence-electron chi connectivity index (χ2n) is 9.16. The van der Waals surface area contributed by atoms with Crippen molar-refractivity contribution in [3.63, 3.8) is 0 Å². The number of rotatable bonds is 6. The van der Waals surface area contributed by atoms with Crippen molar-refractivity contribution in [1.29, 1.82) is 0 Å². The van der Waals surface area contributed by atoms with Crippen LogP contribution in [0.4, 0.5) is 0 Å². The van der Waals surface area contributed by atoms with Gasteiger partial charge in [0.25, 0.3) is 0 Å². The molecule has 2 heterocycles. The fourth-order valence-electron chi connectivity index (χ4n) is 4.49. The number of piperidine rings is 1. The molecule has 4 nitrogen and oxygen atoms in total. The molecule has 2 unspecified atom stereocenters. The summed E-state index contributed by atoms with van der Waals surface area (Å²) in [5, 5.41) is 10.7. The molecule has 4 heteroatoms. The Morgan fingerprint density at radius 2 is 1.52 bits per heavy atom. The standard InChI is InChI=1S/C25H35NO3/c1-16(2)6-8-18-12-20(13-19(24(18)27)9-7-17(3)4)25(28)29-23-14-21-10-11-22(15-23)26(21)5/h6-7,12-13,21-23,27H,8-11,14-15H2,1-5H3. The van der Waals surface area contributed by atoms with Crippen LogP contribution in [0.15, 0.2) is 35.4 Å². The van der Waals surface area contributed by atoms with Gasteiger partial charge < -0.3 is 14.7 Å². The number of phenols is 1. The van der Waals surface area contributed by atoms with Crippen molar-refractivity contribution in [2.75, 3.05) is 7.05 Å². The third-order valence-corrected chi connectivity index (χ3v) is 6.29. The summed E-state index contributed by atoms with van der Waals surface area (Å²) in [7, 11) is 2.19. The fraction of sp³-hybridized carbons (Fsp3) is 0.560. The van der Waals surface area contributed by atoms with Crippen LogP contribution in [0.3, 0.4) is 0 Å². The second-order valence-corrected chi connectivity index (χ2v) is 9.16. The number of fused-ring (bicyclic) bond motifs is 2. The van der Waals surface area contributed by atoms with Gasteiger partial charge in [0.1, 0.15) is 11.9 Å². The van der Waals surface area contributed by atoms with Crippen LogP contribution in [0.2, 0.25) is 0 Å². The van der Waals surface area contributed by atoms with Crippen LogP contribution in [0.5, 0.6) is 5.75 Å². The van der Waals surface area contributed by atoms with Crippen LogP contribution in [-0.2, 0) is 17.6 Å². The zero-order valence-corrected chi connectivity index (χ0v) is 18.5. The highest BCUT2D eigenvalue weighted by molar-refractivity contribution is 5.90. The summed E-state index contributed by atoms with van der Waals surface area (Å²) in [5.74, 6) is 0.0183. The predicted octanol–water partition coefficient (Wildman–Crippen LogP) is 5.19. The van der Waals surface area contributed by atoms with Gasteiger partial charge in [-0.05, 0) is 83.7 Å². The topological polar surface area (TPSA) is 49.8 Å². The zero-order chi connectivity index (χ0) is 21.1. The van der Waals surface area contributed by atoms with Gasteiger partial charge >= 0.3 is 5.97 Å². The molecule has 1 aromatic carbocycles. The quantitative estimate of drug-likeness (QED) is 0.530. The van der Waals surface area contributed by atoms with Gasteiger partial charge in [-0.1, -0.05) is 23.3 Å². The molecule has 2 aliphatic heterocycles. The number of allylic oxidation sites excluding steroid dienone is 4. The molecule has 158 valence electrons. The molecule has 1 aromatic rings. The van der Waals surface area contributed by atoms with Crippen LogP contribution in [-0.4, -0.2) is 41.2 Å². The zero-order valence-electron chi connectivity index (χ0n) is 18.5. The highest BCUT2D eigenvalue weighted by Gasteiger charge is 2.40. The Bertz CT molecular complexity index is 760. The van der Waals surface area contributed by atoms with Crippen molar-refractivity contribution < 1.29 is 14.6 Å². The molecule has 3 rings (SSSR count). The number of carbonyl (C=O) groups excluding carboxylic acids is 1. The Labute approximate surface area is 175 Å². The number of esters is 1. The van der Waals surface area contributed by atoms with E-state index in [1.54, 1.807) is 12.1 Å². The largest absolute Gasteiger partial charge is 0.507 e. The first-order valence-corrected chi connectivity index (χ1v) is 10.8. The summed E-state index contributed by atoms with van der Waals surface area (Å²) in [6.45, 7) is 8.14. The molecule has 2 fully saturated rings. The average molecular weight is 398 g/mol. The molecule has 0 aromatic heterocycles. The number of aromatic hydroxyl groups is 1. The van der Waals surface area contributed by atoms with Crippen molar-refractivity contribution in [3.8, 4) is 5.75 Å². The summed E-state index contributed by atoms with van der Waals surface area (Å²) in [4.78, 5) is 15.4.